The molecule has 0 aromatic heterocycles. The first-order valence-corrected chi connectivity index (χ1v) is 7.07. The molecule has 0 atom stereocenters. The smallest absolute Gasteiger partial charge is 0.339 e. The molecule has 1 aliphatic heterocycles. The van der Waals surface area contributed by atoms with Crippen LogP contribution in [0.5, 0.6) is 5.75 Å². The molecule has 0 aliphatic carbocycles. The van der Waals surface area contributed by atoms with Gasteiger partial charge in [-0.2, -0.15) is 0 Å². The molecule has 0 N–H and O–H groups in total. The molecule has 0 bridgehead atoms. The minimum atomic E-state index is -0.274. The summed E-state index contributed by atoms with van der Waals surface area (Å²) < 4.78 is 10.4. The highest BCUT2D eigenvalue weighted by molar-refractivity contribution is 5.94. The number of cyclic esters (lactones) is 1. The zero-order valence-electron chi connectivity index (χ0n) is 12.3. The molecule has 3 rings (SSSR count). The van der Waals surface area contributed by atoms with Gasteiger partial charge in [0.1, 0.15) is 11.5 Å². The summed E-state index contributed by atoms with van der Waals surface area (Å²) in [5, 5.41) is 0. The van der Waals surface area contributed by atoms with Gasteiger partial charge in [0.25, 0.3) is 0 Å². The molecule has 110 valence electrons. The van der Waals surface area contributed by atoms with Crippen molar-refractivity contribution in [3.8, 4) is 5.75 Å². The predicted octanol–water partition coefficient (Wildman–Crippen LogP) is 3.76. The molecule has 3 nitrogen and oxygen atoms in total. The summed E-state index contributed by atoms with van der Waals surface area (Å²) in [5.41, 5.74) is 2.73. The summed E-state index contributed by atoms with van der Waals surface area (Å²) in [6.07, 6.45) is 4.23. The fraction of sp³-hybridized carbons (Fsp3) is 0.105. The Hall–Kier alpha value is -2.81. The van der Waals surface area contributed by atoms with Crippen molar-refractivity contribution in [1.82, 2.24) is 0 Å². The van der Waals surface area contributed by atoms with Crippen LogP contribution in [0.1, 0.15) is 11.1 Å². The lowest BCUT2D eigenvalue weighted by Crippen LogP contribution is -2.01. The van der Waals surface area contributed by atoms with Crippen molar-refractivity contribution >= 4 is 12.0 Å². The van der Waals surface area contributed by atoms with Crippen LogP contribution in [0.15, 0.2) is 72.0 Å². The normalized spacial score (nSPS) is 15.6. The van der Waals surface area contributed by atoms with Crippen molar-refractivity contribution in [3.63, 3.8) is 0 Å². The molecule has 2 aromatic rings. The first-order valence-electron chi connectivity index (χ1n) is 7.07. The Morgan fingerprint density at radius 1 is 1.05 bits per heavy atom. The average molecular weight is 292 g/mol. The van der Waals surface area contributed by atoms with Gasteiger partial charge in [0.2, 0.25) is 0 Å². The van der Waals surface area contributed by atoms with E-state index in [2.05, 4.69) is 0 Å². The molecular formula is C19H16O3. The van der Waals surface area contributed by atoms with Crippen LogP contribution in [0.4, 0.5) is 0 Å². The highest BCUT2D eigenvalue weighted by atomic mass is 16.5. The zero-order valence-corrected chi connectivity index (χ0v) is 12.3. The fourth-order valence-corrected chi connectivity index (χ4v) is 2.31. The number of hydrogen-bond donors (Lipinski definition) is 0. The second-order valence-corrected chi connectivity index (χ2v) is 5.04. The van der Waals surface area contributed by atoms with Gasteiger partial charge >= 0.3 is 5.97 Å². The fourth-order valence-electron chi connectivity index (χ4n) is 2.31. The van der Waals surface area contributed by atoms with Crippen LogP contribution >= 0.6 is 0 Å². The Morgan fingerprint density at radius 2 is 1.77 bits per heavy atom. The standard InChI is InChI=1S/C19H16O3/c1-21-17-9-7-15(8-10-17)12-18-13-16(19(20)22-18)11-14-5-3-2-4-6-14/h2-10,12-13H,11H2,1H3/b18-12-. The van der Waals surface area contributed by atoms with Crippen molar-refractivity contribution < 1.29 is 14.3 Å². The summed E-state index contributed by atoms with van der Waals surface area (Å²) >= 11 is 0. The molecule has 1 heterocycles. The second-order valence-electron chi connectivity index (χ2n) is 5.04. The lowest BCUT2D eigenvalue weighted by molar-refractivity contribution is -0.133. The quantitative estimate of drug-likeness (QED) is 0.805. The van der Waals surface area contributed by atoms with Crippen molar-refractivity contribution in [2.75, 3.05) is 7.11 Å². The number of methoxy groups -OCH3 is 1. The van der Waals surface area contributed by atoms with Gasteiger partial charge < -0.3 is 9.47 Å². The Bertz CT molecular complexity index is 725. The summed E-state index contributed by atoms with van der Waals surface area (Å²) in [5.74, 6) is 1.09. The Labute approximate surface area is 129 Å². The highest BCUT2D eigenvalue weighted by Gasteiger charge is 2.21. The predicted molar refractivity (Wildman–Crippen MR) is 85.3 cm³/mol. The van der Waals surface area contributed by atoms with Crippen LogP contribution in [-0.2, 0) is 16.0 Å². The SMILES string of the molecule is COc1ccc(/C=C2/C=C(Cc3ccccc3)C(=O)O2)cc1. The Morgan fingerprint density at radius 3 is 2.45 bits per heavy atom. The number of esters is 1. The van der Waals surface area contributed by atoms with Crippen LogP contribution < -0.4 is 4.74 Å². The molecule has 3 heteroatoms. The average Bonchev–Trinajstić information content (AvgIpc) is 2.88. The summed E-state index contributed by atoms with van der Waals surface area (Å²) in [6.45, 7) is 0. The van der Waals surface area contributed by atoms with E-state index in [-0.39, 0.29) is 5.97 Å². The molecule has 0 unspecified atom stereocenters. The summed E-state index contributed by atoms with van der Waals surface area (Å²) in [4.78, 5) is 11.9. The zero-order chi connectivity index (χ0) is 15.4. The Kier molecular flexibility index (Phi) is 4.05. The van der Waals surface area contributed by atoms with E-state index < -0.39 is 0 Å². The van der Waals surface area contributed by atoms with Gasteiger partial charge in [0.05, 0.1) is 7.11 Å². The van der Waals surface area contributed by atoms with Gasteiger partial charge in [-0.3, -0.25) is 0 Å². The first kappa shape index (κ1) is 14.1. The van der Waals surface area contributed by atoms with Gasteiger partial charge in [-0.05, 0) is 35.4 Å². The van der Waals surface area contributed by atoms with Gasteiger partial charge in [-0.25, -0.2) is 4.79 Å². The largest absolute Gasteiger partial charge is 0.497 e. The monoisotopic (exact) mass is 292 g/mol. The molecule has 22 heavy (non-hydrogen) atoms. The first-order chi connectivity index (χ1) is 10.7. The van der Waals surface area contributed by atoms with Crippen LogP contribution in [0.3, 0.4) is 0 Å². The van der Waals surface area contributed by atoms with Gasteiger partial charge in [0.15, 0.2) is 0 Å². The maximum atomic E-state index is 11.9. The summed E-state index contributed by atoms with van der Waals surface area (Å²) in [6, 6.07) is 17.5. The molecular weight excluding hydrogens is 276 g/mol. The van der Waals surface area contributed by atoms with Crippen LogP contribution in [0, 0.1) is 0 Å². The molecule has 0 amide bonds. The van der Waals surface area contributed by atoms with Crippen molar-refractivity contribution in [2.45, 2.75) is 6.42 Å². The lowest BCUT2D eigenvalue weighted by Gasteiger charge is -2.00. The molecule has 0 radical (unpaired) electrons. The molecule has 0 fully saturated rings. The van der Waals surface area contributed by atoms with E-state index in [1.54, 1.807) is 13.2 Å². The van der Waals surface area contributed by atoms with Crippen molar-refractivity contribution in [1.29, 1.82) is 0 Å². The molecule has 0 spiro atoms. The van der Waals surface area contributed by atoms with Crippen LogP contribution in [0.25, 0.3) is 6.08 Å². The van der Waals surface area contributed by atoms with E-state index in [0.717, 1.165) is 16.9 Å². The number of carbonyl (C=O) groups is 1. The minimum Gasteiger partial charge on any atom is -0.497 e. The summed E-state index contributed by atoms with van der Waals surface area (Å²) in [7, 11) is 1.63. The van der Waals surface area contributed by atoms with E-state index in [1.165, 1.54) is 0 Å². The highest BCUT2D eigenvalue weighted by Crippen LogP contribution is 2.23. The number of carbonyl (C=O) groups excluding carboxylic acids is 1. The molecule has 0 saturated carbocycles. The van der Waals surface area contributed by atoms with Crippen LogP contribution in [-0.4, -0.2) is 13.1 Å². The molecule has 1 aliphatic rings. The third-order valence-corrected chi connectivity index (χ3v) is 3.45. The number of ether oxygens (including phenoxy) is 2. The van der Waals surface area contributed by atoms with E-state index in [9.17, 15) is 4.79 Å². The maximum absolute atomic E-state index is 11.9. The number of rotatable bonds is 4. The van der Waals surface area contributed by atoms with Gasteiger partial charge in [-0.1, -0.05) is 42.5 Å². The van der Waals surface area contributed by atoms with E-state index in [0.29, 0.717) is 17.8 Å². The van der Waals surface area contributed by atoms with Crippen molar-refractivity contribution in [2.24, 2.45) is 0 Å². The maximum Gasteiger partial charge on any atom is 0.339 e. The number of hydrogen-bond acceptors (Lipinski definition) is 3. The van der Waals surface area contributed by atoms with Gasteiger partial charge in [0, 0.05) is 12.0 Å². The third-order valence-electron chi connectivity index (χ3n) is 3.45. The Balaban J connectivity index is 1.78. The number of benzene rings is 2. The third kappa shape index (κ3) is 3.26. The lowest BCUT2D eigenvalue weighted by atomic mass is 10.1. The topological polar surface area (TPSA) is 35.5 Å². The van der Waals surface area contributed by atoms with E-state index in [1.807, 2.05) is 60.7 Å². The van der Waals surface area contributed by atoms with Crippen molar-refractivity contribution in [3.05, 3.63) is 83.1 Å². The minimum absolute atomic E-state index is 0.274. The van der Waals surface area contributed by atoms with Gasteiger partial charge in [-0.15, -0.1) is 0 Å². The number of allylic oxidation sites excluding steroid dienone is 1. The molecule has 2 aromatic carbocycles. The molecule has 0 saturated heterocycles. The van der Waals surface area contributed by atoms with E-state index in [4.69, 9.17) is 9.47 Å². The van der Waals surface area contributed by atoms with E-state index >= 15 is 0 Å². The second kappa shape index (κ2) is 6.31. The van der Waals surface area contributed by atoms with Crippen LogP contribution in [0.2, 0.25) is 0 Å².